The van der Waals surface area contributed by atoms with Crippen molar-refractivity contribution in [2.45, 2.75) is 6.92 Å². The number of aromatic nitrogens is 1. The Hall–Kier alpha value is -2.49. The Morgan fingerprint density at radius 3 is 2.72 bits per heavy atom. The predicted molar refractivity (Wildman–Crippen MR) is 73.0 cm³/mol. The van der Waals surface area contributed by atoms with E-state index in [0.717, 1.165) is 16.6 Å². The summed E-state index contributed by atoms with van der Waals surface area (Å²) in [6, 6.07) is 11.1. The van der Waals surface area contributed by atoms with E-state index in [2.05, 4.69) is 4.98 Å². The molecule has 2 aromatic carbocycles. The van der Waals surface area contributed by atoms with Crippen molar-refractivity contribution in [3.63, 3.8) is 0 Å². The second-order valence-corrected chi connectivity index (χ2v) is 4.29. The molecule has 0 aliphatic rings. The summed E-state index contributed by atoms with van der Waals surface area (Å²) in [5, 5.41) is 0. The zero-order chi connectivity index (χ0) is 12.7. The van der Waals surface area contributed by atoms with Gasteiger partial charge in [0.1, 0.15) is 5.52 Å². The lowest BCUT2D eigenvalue weighted by molar-refractivity contribution is 0.619. The van der Waals surface area contributed by atoms with Crippen LogP contribution in [-0.4, -0.2) is 4.98 Å². The Balaban J connectivity index is 2.26. The first-order valence-corrected chi connectivity index (χ1v) is 5.66. The molecule has 0 amide bonds. The Morgan fingerprint density at radius 1 is 1.11 bits per heavy atom. The molecule has 3 rings (SSSR count). The third-order valence-corrected chi connectivity index (χ3v) is 2.93. The maximum atomic E-state index is 5.98. The van der Waals surface area contributed by atoms with Gasteiger partial charge in [0.25, 0.3) is 0 Å². The molecular weight excluding hydrogens is 226 g/mol. The summed E-state index contributed by atoms with van der Waals surface area (Å²) >= 11 is 0. The molecule has 18 heavy (non-hydrogen) atoms. The minimum absolute atomic E-state index is 0.534. The lowest BCUT2D eigenvalue weighted by Gasteiger charge is -2.04. The highest BCUT2D eigenvalue weighted by Crippen LogP contribution is 2.31. The van der Waals surface area contributed by atoms with Crippen molar-refractivity contribution in [2.24, 2.45) is 0 Å². The number of nitrogens with zero attached hydrogens (tertiary/aromatic N) is 1. The summed E-state index contributed by atoms with van der Waals surface area (Å²) in [5.74, 6) is 0.534. The summed E-state index contributed by atoms with van der Waals surface area (Å²) in [7, 11) is 0. The molecule has 1 aromatic heterocycles. The smallest absolute Gasteiger partial charge is 0.229 e. The molecule has 4 N–H and O–H groups in total. The first-order chi connectivity index (χ1) is 8.65. The van der Waals surface area contributed by atoms with Crippen molar-refractivity contribution in [2.75, 3.05) is 11.5 Å². The Bertz CT molecular complexity index is 711. The molecule has 0 unspecified atom stereocenters. The van der Waals surface area contributed by atoms with Crippen LogP contribution in [0.2, 0.25) is 0 Å². The number of aryl methyl sites for hydroxylation is 1. The van der Waals surface area contributed by atoms with Crippen molar-refractivity contribution in [1.29, 1.82) is 0 Å². The van der Waals surface area contributed by atoms with E-state index in [-0.39, 0.29) is 0 Å². The Kier molecular flexibility index (Phi) is 2.23. The summed E-state index contributed by atoms with van der Waals surface area (Å²) in [5.41, 5.74) is 16.4. The molecule has 0 radical (unpaired) electrons. The summed E-state index contributed by atoms with van der Waals surface area (Å²) in [6.45, 7) is 1.98. The van der Waals surface area contributed by atoms with E-state index in [9.17, 15) is 0 Å². The predicted octanol–water partition coefficient (Wildman–Crippen LogP) is 2.97. The number of oxazole rings is 1. The Labute approximate surface area is 104 Å². The quantitative estimate of drug-likeness (QED) is 0.640. The van der Waals surface area contributed by atoms with E-state index in [0.29, 0.717) is 22.8 Å². The largest absolute Gasteiger partial charge is 0.436 e. The Morgan fingerprint density at radius 2 is 1.94 bits per heavy atom. The molecular formula is C14H13N3O. The molecule has 0 fully saturated rings. The van der Waals surface area contributed by atoms with Gasteiger partial charge in [0.15, 0.2) is 5.58 Å². The van der Waals surface area contributed by atoms with Gasteiger partial charge < -0.3 is 15.9 Å². The minimum atomic E-state index is 0.534. The molecule has 0 atom stereocenters. The molecule has 90 valence electrons. The topological polar surface area (TPSA) is 78.1 Å². The minimum Gasteiger partial charge on any atom is -0.436 e. The lowest BCUT2D eigenvalue weighted by Crippen LogP contribution is -1.92. The van der Waals surface area contributed by atoms with Crippen LogP contribution in [0.15, 0.2) is 40.8 Å². The first-order valence-electron chi connectivity index (χ1n) is 5.66. The average molecular weight is 239 g/mol. The van der Waals surface area contributed by atoms with Crippen molar-refractivity contribution in [3.05, 3.63) is 42.0 Å². The highest BCUT2D eigenvalue weighted by atomic mass is 16.3. The molecule has 0 spiro atoms. The monoisotopic (exact) mass is 239 g/mol. The standard InChI is InChI=1S/C14H13N3O/c1-8-3-2-4-10(16)13(8)14-17-11-7-9(15)5-6-12(11)18-14/h2-7H,15-16H2,1H3. The van der Waals surface area contributed by atoms with Crippen LogP contribution in [0.1, 0.15) is 5.56 Å². The van der Waals surface area contributed by atoms with Gasteiger partial charge in [-0.2, -0.15) is 0 Å². The maximum absolute atomic E-state index is 5.98. The van der Waals surface area contributed by atoms with Crippen molar-refractivity contribution >= 4 is 22.5 Å². The molecule has 4 heteroatoms. The van der Waals surface area contributed by atoms with Crippen molar-refractivity contribution in [1.82, 2.24) is 4.98 Å². The van der Waals surface area contributed by atoms with Gasteiger partial charge in [0.2, 0.25) is 5.89 Å². The van der Waals surface area contributed by atoms with Gasteiger partial charge in [-0.3, -0.25) is 0 Å². The second-order valence-electron chi connectivity index (χ2n) is 4.29. The van der Waals surface area contributed by atoms with E-state index in [4.69, 9.17) is 15.9 Å². The van der Waals surface area contributed by atoms with E-state index < -0.39 is 0 Å². The summed E-state index contributed by atoms with van der Waals surface area (Å²) < 4.78 is 5.72. The fraction of sp³-hybridized carbons (Fsp3) is 0.0714. The molecule has 0 bridgehead atoms. The number of benzene rings is 2. The fourth-order valence-electron chi connectivity index (χ4n) is 2.03. The lowest BCUT2D eigenvalue weighted by atomic mass is 10.1. The second kappa shape index (κ2) is 3.77. The van der Waals surface area contributed by atoms with E-state index in [1.807, 2.05) is 31.2 Å². The molecule has 1 heterocycles. The van der Waals surface area contributed by atoms with Gasteiger partial charge in [-0.1, -0.05) is 12.1 Å². The van der Waals surface area contributed by atoms with Gasteiger partial charge in [0.05, 0.1) is 5.56 Å². The molecule has 3 aromatic rings. The van der Waals surface area contributed by atoms with E-state index >= 15 is 0 Å². The number of rotatable bonds is 1. The number of anilines is 2. The van der Waals surface area contributed by atoms with Crippen LogP contribution in [0.5, 0.6) is 0 Å². The fourth-order valence-corrected chi connectivity index (χ4v) is 2.03. The molecule has 0 saturated heterocycles. The third-order valence-electron chi connectivity index (χ3n) is 2.93. The van der Waals surface area contributed by atoms with Crippen LogP contribution < -0.4 is 11.5 Å². The van der Waals surface area contributed by atoms with Crippen molar-refractivity contribution in [3.8, 4) is 11.5 Å². The van der Waals surface area contributed by atoms with Gasteiger partial charge in [-0.05, 0) is 36.8 Å². The van der Waals surface area contributed by atoms with E-state index in [1.165, 1.54) is 0 Å². The highest BCUT2D eigenvalue weighted by Gasteiger charge is 2.13. The molecule has 0 aliphatic heterocycles. The van der Waals surface area contributed by atoms with Gasteiger partial charge in [-0.25, -0.2) is 4.98 Å². The normalized spacial score (nSPS) is 10.9. The van der Waals surface area contributed by atoms with Gasteiger partial charge in [0, 0.05) is 11.4 Å². The number of hydrogen-bond acceptors (Lipinski definition) is 4. The molecule has 0 saturated carbocycles. The number of nitrogens with two attached hydrogens (primary N) is 2. The van der Waals surface area contributed by atoms with Crippen molar-refractivity contribution < 1.29 is 4.42 Å². The SMILES string of the molecule is Cc1cccc(N)c1-c1nc2cc(N)ccc2o1. The average Bonchev–Trinajstić information content (AvgIpc) is 2.71. The van der Waals surface area contributed by atoms with Crippen LogP contribution >= 0.6 is 0 Å². The van der Waals surface area contributed by atoms with Crippen LogP contribution in [0.4, 0.5) is 11.4 Å². The number of nitrogen functional groups attached to an aromatic ring is 2. The van der Waals surface area contributed by atoms with Crippen LogP contribution in [0.25, 0.3) is 22.6 Å². The molecule has 4 nitrogen and oxygen atoms in total. The van der Waals surface area contributed by atoms with Crippen LogP contribution in [-0.2, 0) is 0 Å². The highest BCUT2D eigenvalue weighted by molar-refractivity contribution is 5.82. The zero-order valence-electron chi connectivity index (χ0n) is 9.97. The maximum Gasteiger partial charge on any atom is 0.229 e. The van der Waals surface area contributed by atoms with Crippen LogP contribution in [0, 0.1) is 6.92 Å². The van der Waals surface area contributed by atoms with Crippen LogP contribution in [0.3, 0.4) is 0 Å². The van der Waals surface area contributed by atoms with E-state index in [1.54, 1.807) is 12.1 Å². The third kappa shape index (κ3) is 1.59. The first kappa shape index (κ1) is 10.7. The van der Waals surface area contributed by atoms with Gasteiger partial charge in [-0.15, -0.1) is 0 Å². The number of hydrogen-bond donors (Lipinski definition) is 2. The summed E-state index contributed by atoms with van der Waals surface area (Å²) in [4.78, 5) is 4.44. The summed E-state index contributed by atoms with van der Waals surface area (Å²) in [6.07, 6.45) is 0. The zero-order valence-corrected chi connectivity index (χ0v) is 9.97. The molecule has 0 aliphatic carbocycles. The number of fused-ring (bicyclic) bond motifs is 1. The van der Waals surface area contributed by atoms with Gasteiger partial charge >= 0.3 is 0 Å².